The Bertz CT molecular complexity index is 626. The van der Waals surface area contributed by atoms with E-state index in [1.165, 1.54) is 6.07 Å². The van der Waals surface area contributed by atoms with Crippen molar-refractivity contribution < 1.29 is 4.39 Å². The Labute approximate surface area is 130 Å². The van der Waals surface area contributed by atoms with Gasteiger partial charge in [0.2, 0.25) is 0 Å². The molecule has 0 radical (unpaired) electrons. The van der Waals surface area contributed by atoms with Crippen LogP contribution in [0.2, 0.25) is 10.0 Å². The maximum Gasteiger partial charge on any atom is 0.141 e. The van der Waals surface area contributed by atoms with Gasteiger partial charge >= 0.3 is 0 Å². The van der Waals surface area contributed by atoms with Gasteiger partial charge in [-0.15, -0.1) is 0 Å². The van der Waals surface area contributed by atoms with Gasteiger partial charge in [-0.05, 0) is 54.3 Å². The summed E-state index contributed by atoms with van der Waals surface area (Å²) in [7, 11) is 0. The van der Waals surface area contributed by atoms with Gasteiger partial charge in [-0.2, -0.15) is 0 Å². The summed E-state index contributed by atoms with van der Waals surface area (Å²) in [5, 5.41) is 0.798. The molecule has 1 atom stereocenters. The van der Waals surface area contributed by atoms with Crippen molar-refractivity contribution in [2.24, 2.45) is 0 Å². The molecule has 19 heavy (non-hydrogen) atoms. The van der Waals surface area contributed by atoms with Crippen LogP contribution in [-0.4, -0.2) is 0 Å². The molecule has 0 aliphatic carbocycles. The molecule has 100 valence electrons. The monoisotopic (exact) mass is 360 g/mol. The summed E-state index contributed by atoms with van der Waals surface area (Å²) in [4.78, 5) is -0.114. The molecule has 0 spiro atoms. The first-order valence-corrected chi connectivity index (χ1v) is 7.43. The van der Waals surface area contributed by atoms with Gasteiger partial charge in [0.05, 0.1) is 9.85 Å². The minimum atomic E-state index is -0.420. The molecular formula is C15H12BrCl2F. The second-order valence-corrected chi connectivity index (χ2v) is 6.22. The summed E-state index contributed by atoms with van der Waals surface area (Å²) in [5.74, 6) is -0.420. The first-order chi connectivity index (χ1) is 8.90. The minimum absolute atomic E-state index is 0.113. The Balaban J connectivity index is 2.46. The summed E-state index contributed by atoms with van der Waals surface area (Å²) in [5.41, 5.74) is 4.13. The lowest BCUT2D eigenvalue weighted by atomic mass is 10.00. The van der Waals surface area contributed by atoms with Crippen molar-refractivity contribution in [2.45, 2.75) is 18.7 Å². The molecule has 2 rings (SSSR count). The summed E-state index contributed by atoms with van der Waals surface area (Å²) >= 11 is 15.7. The Morgan fingerprint density at radius 3 is 2.26 bits per heavy atom. The third kappa shape index (κ3) is 3.13. The average Bonchev–Trinajstić information content (AvgIpc) is 2.36. The van der Waals surface area contributed by atoms with Gasteiger partial charge < -0.3 is 0 Å². The number of rotatable bonds is 2. The zero-order valence-electron chi connectivity index (χ0n) is 10.5. The van der Waals surface area contributed by atoms with Crippen molar-refractivity contribution in [1.29, 1.82) is 0 Å². The molecule has 0 saturated carbocycles. The highest BCUT2D eigenvalue weighted by atomic mass is 79.9. The Morgan fingerprint density at radius 1 is 1.00 bits per heavy atom. The summed E-state index contributed by atoms with van der Waals surface area (Å²) < 4.78 is 13.2. The fourth-order valence-electron chi connectivity index (χ4n) is 1.85. The molecule has 0 heterocycles. The molecule has 2 aromatic carbocycles. The first kappa shape index (κ1) is 14.8. The van der Waals surface area contributed by atoms with Gasteiger partial charge in [-0.1, -0.05) is 51.3 Å². The normalized spacial score (nSPS) is 12.5. The van der Waals surface area contributed by atoms with E-state index < -0.39 is 5.82 Å². The predicted molar refractivity (Wildman–Crippen MR) is 83.1 cm³/mol. The molecule has 0 saturated heterocycles. The second kappa shape index (κ2) is 5.82. The van der Waals surface area contributed by atoms with E-state index in [1.54, 1.807) is 12.1 Å². The minimum Gasteiger partial charge on any atom is -0.205 e. The summed E-state index contributed by atoms with van der Waals surface area (Å²) in [6.45, 7) is 4.05. The van der Waals surface area contributed by atoms with E-state index in [0.717, 1.165) is 22.3 Å². The van der Waals surface area contributed by atoms with E-state index in [1.807, 2.05) is 26.0 Å². The standard InChI is InChI=1S/C15H12BrCl2F/c1-8-5-11(12(17)6-9(8)2)15(16)10-3-4-14(19)13(18)7-10/h3-7,15H,1-2H3. The largest absolute Gasteiger partial charge is 0.205 e. The molecule has 0 aromatic heterocycles. The summed E-state index contributed by atoms with van der Waals surface area (Å²) in [6.07, 6.45) is 0. The van der Waals surface area contributed by atoms with Crippen molar-refractivity contribution in [1.82, 2.24) is 0 Å². The SMILES string of the molecule is Cc1cc(Cl)c(C(Br)c2ccc(F)c(Cl)c2)cc1C. The van der Waals surface area contributed by atoms with Crippen molar-refractivity contribution in [3.8, 4) is 0 Å². The van der Waals surface area contributed by atoms with E-state index >= 15 is 0 Å². The van der Waals surface area contributed by atoms with Gasteiger partial charge in [0.15, 0.2) is 0 Å². The molecule has 0 fully saturated rings. The Morgan fingerprint density at radius 2 is 1.63 bits per heavy atom. The van der Waals surface area contributed by atoms with Gasteiger partial charge in [-0.3, -0.25) is 0 Å². The molecule has 0 nitrogen and oxygen atoms in total. The van der Waals surface area contributed by atoms with Crippen LogP contribution in [0, 0.1) is 19.7 Å². The second-order valence-electron chi connectivity index (χ2n) is 4.49. The lowest BCUT2D eigenvalue weighted by Crippen LogP contribution is -1.97. The van der Waals surface area contributed by atoms with Crippen LogP contribution in [0.1, 0.15) is 27.1 Å². The highest BCUT2D eigenvalue weighted by Gasteiger charge is 2.16. The number of halogens is 4. The van der Waals surface area contributed by atoms with E-state index in [2.05, 4.69) is 15.9 Å². The van der Waals surface area contributed by atoms with Crippen LogP contribution >= 0.6 is 39.1 Å². The highest BCUT2D eigenvalue weighted by Crippen LogP contribution is 2.37. The van der Waals surface area contributed by atoms with Crippen molar-refractivity contribution >= 4 is 39.1 Å². The Kier molecular flexibility index (Phi) is 4.54. The van der Waals surface area contributed by atoms with Crippen molar-refractivity contribution in [3.63, 3.8) is 0 Å². The Hall–Kier alpha value is -0.570. The van der Waals surface area contributed by atoms with Gasteiger partial charge in [0.25, 0.3) is 0 Å². The number of hydrogen-bond donors (Lipinski definition) is 0. The van der Waals surface area contributed by atoms with E-state index in [0.29, 0.717) is 5.02 Å². The fourth-order valence-corrected chi connectivity index (χ4v) is 3.16. The van der Waals surface area contributed by atoms with Gasteiger partial charge in [-0.25, -0.2) is 4.39 Å². The molecule has 0 N–H and O–H groups in total. The van der Waals surface area contributed by atoms with Crippen LogP contribution in [0.4, 0.5) is 4.39 Å². The maximum atomic E-state index is 13.2. The van der Waals surface area contributed by atoms with E-state index in [4.69, 9.17) is 23.2 Å². The van der Waals surface area contributed by atoms with Crippen LogP contribution in [-0.2, 0) is 0 Å². The highest BCUT2D eigenvalue weighted by molar-refractivity contribution is 9.09. The third-order valence-electron chi connectivity index (χ3n) is 3.12. The lowest BCUT2D eigenvalue weighted by molar-refractivity contribution is 0.627. The molecule has 0 aliphatic rings. The molecule has 1 unspecified atom stereocenters. The summed E-state index contributed by atoms with van der Waals surface area (Å²) in [6, 6.07) is 8.65. The van der Waals surface area contributed by atoms with Crippen LogP contribution < -0.4 is 0 Å². The maximum absolute atomic E-state index is 13.2. The zero-order valence-corrected chi connectivity index (χ0v) is 13.6. The zero-order chi connectivity index (χ0) is 14.2. The third-order valence-corrected chi connectivity index (χ3v) is 4.76. The van der Waals surface area contributed by atoms with Crippen LogP contribution in [0.25, 0.3) is 0 Å². The topological polar surface area (TPSA) is 0 Å². The number of alkyl halides is 1. The number of benzene rings is 2. The van der Waals surface area contributed by atoms with Gasteiger partial charge in [0, 0.05) is 5.02 Å². The molecular weight excluding hydrogens is 350 g/mol. The lowest BCUT2D eigenvalue weighted by Gasteiger charge is -2.15. The predicted octanol–water partition coefficient (Wildman–Crippen LogP) is 6.23. The van der Waals surface area contributed by atoms with E-state index in [-0.39, 0.29) is 9.85 Å². The van der Waals surface area contributed by atoms with Crippen molar-refractivity contribution in [2.75, 3.05) is 0 Å². The number of hydrogen-bond acceptors (Lipinski definition) is 0. The van der Waals surface area contributed by atoms with Crippen LogP contribution in [0.15, 0.2) is 30.3 Å². The van der Waals surface area contributed by atoms with Crippen molar-refractivity contribution in [3.05, 3.63) is 68.4 Å². The number of aryl methyl sites for hydroxylation is 2. The molecule has 0 amide bonds. The molecule has 0 bridgehead atoms. The van der Waals surface area contributed by atoms with Gasteiger partial charge in [0.1, 0.15) is 5.82 Å². The first-order valence-electron chi connectivity index (χ1n) is 5.76. The molecule has 4 heteroatoms. The fraction of sp³-hybridized carbons (Fsp3) is 0.200. The van der Waals surface area contributed by atoms with Crippen LogP contribution in [0.5, 0.6) is 0 Å². The molecule has 2 aromatic rings. The molecule has 0 aliphatic heterocycles. The van der Waals surface area contributed by atoms with E-state index in [9.17, 15) is 4.39 Å². The average molecular weight is 362 g/mol. The smallest absolute Gasteiger partial charge is 0.141 e. The van der Waals surface area contributed by atoms with Crippen LogP contribution in [0.3, 0.4) is 0 Å². The quantitative estimate of drug-likeness (QED) is 0.556.